The van der Waals surface area contributed by atoms with Gasteiger partial charge in [-0.3, -0.25) is 9.59 Å². The zero-order chi connectivity index (χ0) is 15.7. The minimum Gasteiger partial charge on any atom is -0.346 e. The molecule has 2 saturated heterocycles. The number of likely N-dealkylation sites (tertiary alicyclic amines) is 2. The smallest absolute Gasteiger partial charge is 0.226 e. The average Bonchev–Trinajstić information content (AvgIpc) is 2.99. The molecule has 1 aromatic carbocycles. The number of nitrogens with zero attached hydrogens (tertiary/aromatic N) is 2. The van der Waals surface area contributed by atoms with Crippen LogP contribution in [-0.2, 0) is 9.59 Å². The van der Waals surface area contributed by atoms with Gasteiger partial charge in [0.15, 0.2) is 0 Å². The minimum atomic E-state index is -0.272. The molecule has 22 heavy (non-hydrogen) atoms. The summed E-state index contributed by atoms with van der Waals surface area (Å²) in [7, 11) is 1.77. The van der Waals surface area contributed by atoms with Gasteiger partial charge < -0.3 is 9.80 Å². The van der Waals surface area contributed by atoms with Gasteiger partial charge in [0, 0.05) is 32.5 Å². The summed E-state index contributed by atoms with van der Waals surface area (Å²) in [6.07, 6.45) is 2.79. The third kappa shape index (κ3) is 2.85. The second kappa shape index (κ2) is 6.07. The summed E-state index contributed by atoms with van der Waals surface area (Å²) in [5, 5.41) is 0. The van der Waals surface area contributed by atoms with Crippen LogP contribution in [0.25, 0.3) is 0 Å². The van der Waals surface area contributed by atoms with Gasteiger partial charge in [-0.2, -0.15) is 0 Å². The van der Waals surface area contributed by atoms with Crippen molar-refractivity contribution in [3.63, 3.8) is 0 Å². The average molecular weight is 304 g/mol. The fraction of sp³-hybridized carbons (Fsp3) is 0.529. The number of benzene rings is 1. The van der Waals surface area contributed by atoms with Crippen LogP contribution < -0.4 is 0 Å². The monoisotopic (exact) mass is 304 g/mol. The molecule has 4 nitrogen and oxygen atoms in total. The fourth-order valence-corrected chi connectivity index (χ4v) is 3.48. The van der Waals surface area contributed by atoms with E-state index in [1.165, 1.54) is 12.1 Å². The van der Waals surface area contributed by atoms with E-state index in [2.05, 4.69) is 0 Å². The van der Waals surface area contributed by atoms with E-state index in [1.54, 1.807) is 18.0 Å². The summed E-state index contributed by atoms with van der Waals surface area (Å²) in [6.45, 7) is 1.33. The van der Waals surface area contributed by atoms with Crippen molar-refractivity contribution in [2.24, 2.45) is 5.92 Å². The normalized spacial score (nSPS) is 25.6. The first-order chi connectivity index (χ1) is 10.6. The lowest BCUT2D eigenvalue weighted by Crippen LogP contribution is -2.43. The molecule has 0 unspecified atom stereocenters. The second-order valence-electron chi connectivity index (χ2n) is 6.25. The molecular formula is C17H21FN2O2. The van der Waals surface area contributed by atoms with E-state index in [1.807, 2.05) is 11.0 Å². The molecule has 2 fully saturated rings. The standard InChI is InChI=1S/C17H21FN2O2/c1-19-9-7-13(11-16(19)21)17(22)20-8-3-6-15(20)12-4-2-5-14(18)10-12/h2,4-5,10,13,15H,3,6-9,11H2,1H3/t13-,15+/m0/s1. The van der Waals surface area contributed by atoms with Gasteiger partial charge in [0.1, 0.15) is 5.82 Å². The zero-order valence-corrected chi connectivity index (χ0v) is 12.8. The molecule has 2 atom stereocenters. The van der Waals surface area contributed by atoms with Crippen molar-refractivity contribution in [3.8, 4) is 0 Å². The molecule has 0 radical (unpaired) electrons. The Morgan fingerprint density at radius 2 is 2.09 bits per heavy atom. The molecule has 0 spiro atoms. The number of halogens is 1. The lowest BCUT2D eigenvalue weighted by atomic mass is 9.94. The molecule has 2 aliphatic heterocycles. The summed E-state index contributed by atoms with van der Waals surface area (Å²) in [5.41, 5.74) is 0.852. The van der Waals surface area contributed by atoms with E-state index in [-0.39, 0.29) is 29.6 Å². The van der Waals surface area contributed by atoms with Crippen molar-refractivity contribution in [1.82, 2.24) is 9.80 Å². The third-order valence-electron chi connectivity index (χ3n) is 4.78. The van der Waals surface area contributed by atoms with Crippen LogP contribution in [0.15, 0.2) is 24.3 Å². The number of amides is 2. The third-order valence-corrected chi connectivity index (χ3v) is 4.78. The highest BCUT2D eigenvalue weighted by Crippen LogP contribution is 2.34. The Balaban J connectivity index is 1.75. The summed E-state index contributed by atoms with van der Waals surface area (Å²) < 4.78 is 13.4. The van der Waals surface area contributed by atoms with Crippen LogP contribution in [0, 0.1) is 11.7 Å². The largest absolute Gasteiger partial charge is 0.346 e. The molecule has 1 aromatic rings. The van der Waals surface area contributed by atoms with E-state index < -0.39 is 0 Å². The Bertz CT molecular complexity index is 590. The number of piperidine rings is 1. The maximum Gasteiger partial charge on any atom is 0.226 e. The highest BCUT2D eigenvalue weighted by molar-refractivity contribution is 5.87. The minimum absolute atomic E-state index is 0.0334. The predicted octanol–water partition coefficient (Wildman–Crippen LogP) is 2.36. The van der Waals surface area contributed by atoms with E-state index in [0.717, 1.165) is 18.4 Å². The number of carbonyl (C=O) groups is 2. The summed E-state index contributed by atoms with van der Waals surface area (Å²) in [5.74, 6) is -0.413. The Morgan fingerprint density at radius 3 is 2.82 bits per heavy atom. The van der Waals surface area contributed by atoms with Crippen molar-refractivity contribution in [3.05, 3.63) is 35.6 Å². The highest BCUT2D eigenvalue weighted by atomic mass is 19.1. The maximum atomic E-state index is 13.4. The van der Waals surface area contributed by atoms with Gasteiger partial charge in [-0.1, -0.05) is 12.1 Å². The van der Waals surface area contributed by atoms with Crippen molar-refractivity contribution in [1.29, 1.82) is 0 Å². The molecule has 0 N–H and O–H groups in total. The Morgan fingerprint density at radius 1 is 1.27 bits per heavy atom. The van der Waals surface area contributed by atoms with Crippen LogP contribution in [-0.4, -0.2) is 41.8 Å². The van der Waals surface area contributed by atoms with Crippen molar-refractivity contribution in [2.75, 3.05) is 20.1 Å². The SMILES string of the molecule is CN1CC[C@H](C(=O)N2CCC[C@@H]2c2cccc(F)c2)CC1=O. The molecule has 2 heterocycles. The van der Waals surface area contributed by atoms with Crippen LogP contribution in [0.5, 0.6) is 0 Å². The molecule has 0 bridgehead atoms. The first-order valence-electron chi connectivity index (χ1n) is 7.86. The Labute approximate surface area is 129 Å². The lowest BCUT2D eigenvalue weighted by Gasteiger charge is -2.33. The summed E-state index contributed by atoms with van der Waals surface area (Å²) in [4.78, 5) is 28.1. The van der Waals surface area contributed by atoms with E-state index in [9.17, 15) is 14.0 Å². The number of carbonyl (C=O) groups excluding carboxylic acids is 2. The lowest BCUT2D eigenvalue weighted by molar-refractivity contribution is -0.145. The predicted molar refractivity (Wildman–Crippen MR) is 80.4 cm³/mol. The van der Waals surface area contributed by atoms with E-state index in [4.69, 9.17) is 0 Å². The van der Waals surface area contributed by atoms with E-state index >= 15 is 0 Å². The second-order valence-corrected chi connectivity index (χ2v) is 6.25. The van der Waals surface area contributed by atoms with Crippen LogP contribution in [0.3, 0.4) is 0 Å². The zero-order valence-electron chi connectivity index (χ0n) is 12.8. The van der Waals surface area contributed by atoms with Gasteiger partial charge in [0.2, 0.25) is 11.8 Å². The van der Waals surface area contributed by atoms with Gasteiger partial charge in [0.05, 0.1) is 6.04 Å². The first kappa shape index (κ1) is 15.0. The molecule has 2 amide bonds. The molecule has 0 aromatic heterocycles. The topological polar surface area (TPSA) is 40.6 Å². The number of hydrogen-bond donors (Lipinski definition) is 0. The van der Waals surface area contributed by atoms with Crippen LogP contribution in [0.4, 0.5) is 4.39 Å². The molecule has 118 valence electrons. The van der Waals surface area contributed by atoms with Crippen LogP contribution in [0.1, 0.15) is 37.3 Å². The van der Waals surface area contributed by atoms with Gasteiger partial charge in [-0.05, 0) is 37.0 Å². The van der Waals surface area contributed by atoms with Gasteiger partial charge >= 0.3 is 0 Å². The van der Waals surface area contributed by atoms with Crippen molar-refractivity contribution in [2.45, 2.75) is 31.7 Å². The van der Waals surface area contributed by atoms with Gasteiger partial charge in [-0.25, -0.2) is 4.39 Å². The summed E-state index contributed by atoms with van der Waals surface area (Å²) >= 11 is 0. The molecule has 5 heteroatoms. The van der Waals surface area contributed by atoms with Gasteiger partial charge in [-0.15, -0.1) is 0 Å². The number of hydrogen-bond acceptors (Lipinski definition) is 2. The fourth-order valence-electron chi connectivity index (χ4n) is 3.48. The van der Waals surface area contributed by atoms with Crippen molar-refractivity contribution < 1.29 is 14.0 Å². The molecular weight excluding hydrogens is 283 g/mol. The van der Waals surface area contributed by atoms with Crippen molar-refractivity contribution >= 4 is 11.8 Å². The summed E-state index contributed by atoms with van der Waals surface area (Å²) in [6, 6.07) is 6.43. The molecule has 3 rings (SSSR count). The number of rotatable bonds is 2. The molecule has 2 aliphatic rings. The molecule has 0 aliphatic carbocycles. The highest BCUT2D eigenvalue weighted by Gasteiger charge is 2.36. The van der Waals surface area contributed by atoms with Gasteiger partial charge in [0.25, 0.3) is 0 Å². The quantitative estimate of drug-likeness (QED) is 0.841. The Kier molecular flexibility index (Phi) is 4.14. The molecule has 0 saturated carbocycles. The van der Waals surface area contributed by atoms with Crippen LogP contribution >= 0.6 is 0 Å². The first-order valence-corrected chi connectivity index (χ1v) is 7.86. The Hall–Kier alpha value is -1.91. The van der Waals surface area contributed by atoms with E-state index in [0.29, 0.717) is 25.9 Å². The maximum absolute atomic E-state index is 13.4. The van der Waals surface area contributed by atoms with Crippen LogP contribution in [0.2, 0.25) is 0 Å².